The fraction of sp³-hybridized carbons (Fsp3) is 0.500. The lowest BCUT2D eigenvalue weighted by Gasteiger charge is -2.12. The number of hydrogen-bond acceptors (Lipinski definition) is 3. The van der Waals surface area contributed by atoms with Crippen molar-refractivity contribution in [3.8, 4) is 0 Å². The molecule has 0 aliphatic carbocycles. The zero-order valence-corrected chi connectivity index (χ0v) is 9.09. The zero-order chi connectivity index (χ0) is 10.4. The van der Waals surface area contributed by atoms with Gasteiger partial charge in [-0.3, -0.25) is 4.98 Å². The van der Waals surface area contributed by atoms with Gasteiger partial charge in [-0.25, -0.2) is 0 Å². The fourth-order valence-corrected chi connectivity index (χ4v) is 1.37. The Morgan fingerprint density at radius 1 is 1.64 bits per heavy atom. The third-order valence-electron chi connectivity index (χ3n) is 2.10. The monoisotopic (exact) mass is 213 g/mol. The van der Waals surface area contributed by atoms with Crippen LogP contribution in [0.1, 0.15) is 18.9 Å². The van der Waals surface area contributed by atoms with Crippen molar-refractivity contribution in [1.82, 2.24) is 10.3 Å². The summed E-state index contributed by atoms with van der Waals surface area (Å²) in [5.74, 6) is 0. The van der Waals surface area contributed by atoms with E-state index in [-0.39, 0.29) is 0 Å². The molecule has 0 fully saturated rings. The van der Waals surface area contributed by atoms with Crippen molar-refractivity contribution in [3.63, 3.8) is 0 Å². The first-order chi connectivity index (χ1) is 6.74. The van der Waals surface area contributed by atoms with Crippen molar-refractivity contribution in [1.29, 1.82) is 0 Å². The van der Waals surface area contributed by atoms with E-state index >= 15 is 0 Å². The fourth-order valence-electron chi connectivity index (χ4n) is 1.18. The van der Waals surface area contributed by atoms with E-state index in [1.165, 1.54) is 0 Å². The summed E-state index contributed by atoms with van der Waals surface area (Å²) in [4.78, 5) is 3.93. The van der Waals surface area contributed by atoms with Gasteiger partial charge in [-0.05, 0) is 31.5 Å². The van der Waals surface area contributed by atoms with Gasteiger partial charge in [0.15, 0.2) is 0 Å². The zero-order valence-electron chi connectivity index (χ0n) is 8.33. The van der Waals surface area contributed by atoms with Crippen LogP contribution in [-0.4, -0.2) is 17.6 Å². The van der Waals surface area contributed by atoms with E-state index in [9.17, 15) is 0 Å². The van der Waals surface area contributed by atoms with E-state index in [4.69, 9.17) is 17.3 Å². The number of aromatic nitrogens is 1. The molecule has 1 atom stereocenters. The Bertz CT molecular complexity index is 278. The minimum atomic E-state index is 0.421. The van der Waals surface area contributed by atoms with Crippen LogP contribution in [0.3, 0.4) is 0 Å². The predicted molar refractivity (Wildman–Crippen MR) is 59.2 cm³/mol. The largest absolute Gasteiger partial charge is 0.330 e. The Labute approximate surface area is 89.7 Å². The molecular formula is C10H16ClN3. The molecule has 0 radical (unpaired) electrons. The van der Waals surface area contributed by atoms with Crippen LogP contribution < -0.4 is 11.1 Å². The first kappa shape index (κ1) is 11.4. The van der Waals surface area contributed by atoms with Crippen molar-refractivity contribution in [2.24, 2.45) is 5.73 Å². The molecule has 0 saturated carbocycles. The van der Waals surface area contributed by atoms with Crippen molar-refractivity contribution in [3.05, 3.63) is 29.0 Å². The molecule has 1 aromatic heterocycles. The number of nitrogens with zero attached hydrogens (tertiary/aromatic N) is 1. The molecule has 14 heavy (non-hydrogen) atoms. The second-order valence-corrected chi connectivity index (χ2v) is 3.73. The van der Waals surface area contributed by atoms with E-state index in [2.05, 4.69) is 17.2 Å². The van der Waals surface area contributed by atoms with Crippen LogP contribution in [0, 0.1) is 0 Å². The highest BCUT2D eigenvalue weighted by atomic mass is 35.5. The highest BCUT2D eigenvalue weighted by molar-refractivity contribution is 6.31. The molecule has 0 bridgehead atoms. The Balaban J connectivity index is 2.41. The van der Waals surface area contributed by atoms with Gasteiger partial charge < -0.3 is 11.1 Å². The Morgan fingerprint density at radius 2 is 2.43 bits per heavy atom. The quantitative estimate of drug-likeness (QED) is 0.781. The summed E-state index contributed by atoms with van der Waals surface area (Å²) in [6.45, 7) is 3.59. The van der Waals surface area contributed by atoms with Gasteiger partial charge in [0.25, 0.3) is 0 Å². The number of nitrogens with two attached hydrogens (primary N) is 1. The van der Waals surface area contributed by atoms with Crippen molar-refractivity contribution in [2.75, 3.05) is 6.54 Å². The Morgan fingerprint density at radius 3 is 3.07 bits per heavy atom. The van der Waals surface area contributed by atoms with E-state index in [1.807, 2.05) is 6.07 Å². The van der Waals surface area contributed by atoms with Crippen molar-refractivity contribution < 1.29 is 0 Å². The SMILES string of the molecule is CC(CCN)NCc1ccncc1Cl. The lowest BCUT2D eigenvalue weighted by molar-refractivity contribution is 0.520. The topological polar surface area (TPSA) is 50.9 Å². The summed E-state index contributed by atoms with van der Waals surface area (Å²) in [7, 11) is 0. The van der Waals surface area contributed by atoms with Gasteiger partial charge in [-0.15, -0.1) is 0 Å². The maximum absolute atomic E-state index is 5.96. The summed E-state index contributed by atoms with van der Waals surface area (Å²) < 4.78 is 0. The molecule has 1 rings (SSSR count). The minimum absolute atomic E-state index is 0.421. The van der Waals surface area contributed by atoms with Crippen LogP contribution in [0.25, 0.3) is 0 Å². The summed E-state index contributed by atoms with van der Waals surface area (Å²) in [6, 6.07) is 2.34. The van der Waals surface area contributed by atoms with Crippen LogP contribution in [-0.2, 0) is 6.54 Å². The van der Waals surface area contributed by atoms with Crippen LogP contribution in [0.2, 0.25) is 5.02 Å². The van der Waals surface area contributed by atoms with E-state index in [0.717, 1.165) is 18.5 Å². The number of hydrogen-bond donors (Lipinski definition) is 2. The molecule has 0 spiro atoms. The third kappa shape index (κ3) is 3.62. The predicted octanol–water partition coefficient (Wildman–Crippen LogP) is 1.56. The van der Waals surface area contributed by atoms with E-state index in [0.29, 0.717) is 17.6 Å². The molecular weight excluding hydrogens is 198 g/mol. The van der Waals surface area contributed by atoms with Gasteiger partial charge in [0.05, 0.1) is 5.02 Å². The third-order valence-corrected chi connectivity index (χ3v) is 2.44. The van der Waals surface area contributed by atoms with Crippen LogP contribution in [0.5, 0.6) is 0 Å². The normalized spacial score (nSPS) is 12.8. The highest BCUT2D eigenvalue weighted by Crippen LogP contribution is 2.12. The first-order valence-electron chi connectivity index (χ1n) is 4.76. The molecule has 0 aliphatic rings. The van der Waals surface area contributed by atoms with E-state index in [1.54, 1.807) is 12.4 Å². The summed E-state index contributed by atoms with van der Waals surface area (Å²) in [6.07, 6.45) is 4.38. The smallest absolute Gasteiger partial charge is 0.0634 e. The Kier molecular flexibility index (Phi) is 4.87. The molecule has 0 saturated heterocycles. The summed E-state index contributed by atoms with van der Waals surface area (Å²) >= 11 is 5.96. The molecule has 4 heteroatoms. The number of rotatable bonds is 5. The number of nitrogens with one attached hydrogen (secondary N) is 1. The molecule has 3 N–H and O–H groups in total. The van der Waals surface area contributed by atoms with Gasteiger partial charge in [-0.2, -0.15) is 0 Å². The lowest BCUT2D eigenvalue weighted by atomic mass is 10.2. The van der Waals surface area contributed by atoms with Crippen molar-refractivity contribution in [2.45, 2.75) is 25.9 Å². The molecule has 1 unspecified atom stereocenters. The highest BCUT2D eigenvalue weighted by Gasteiger charge is 2.02. The molecule has 0 aliphatic heterocycles. The molecule has 0 amide bonds. The molecule has 1 aromatic rings. The van der Waals surface area contributed by atoms with Gasteiger partial charge in [0, 0.05) is 25.0 Å². The van der Waals surface area contributed by atoms with Gasteiger partial charge in [0.1, 0.15) is 0 Å². The second-order valence-electron chi connectivity index (χ2n) is 3.33. The number of pyridine rings is 1. The average Bonchev–Trinajstić information content (AvgIpc) is 2.17. The number of halogens is 1. The first-order valence-corrected chi connectivity index (χ1v) is 5.13. The maximum atomic E-state index is 5.96. The summed E-state index contributed by atoms with van der Waals surface area (Å²) in [5, 5.41) is 4.06. The van der Waals surface area contributed by atoms with E-state index < -0.39 is 0 Å². The van der Waals surface area contributed by atoms with Crippen LogP contribution in [0.4, 0.5) is 0 Å². The Hall–Kier alpha value is -0.640. The summed E-state index contributed by atoms with van der Waals surface area (Å²) in [5.41, 5.74) is 6.53. The molecule has 3 nitrogen and oxygen atoms in total. The van der Waals surface area contributed by atoms with Crippen LogP contribution in [0.15, 0.2) is 18.5 Å². The lowest BCUT2D eigenvalue weighted by Crippen LogP contribution is -2.27. The molecule has 0 aromatic carbocycles. The standard InChI is InChI=1S/C10H16ClN3/c1-8(2-4-12)14-6-9-3-5-13-7-10(9)11/h3,5,7-8,14H,2,4,6,12H2,1H3. The van der Waals surface area contributed by atoms with Gasteiger partial charge in [0.2, 0.25) is 0 Å². The average molecular weight is 214 g/mol. The van der Waals surface area contributed by atoms with Crippen molar-refractivity contribution >= 4 is 11.6 Å². The minimum Gasteiger partial charge on any atom is -0.330 e. The maximum Gasteiger partial charge on any atom is 0.0634 e. The molecule has 1 heterocycles. The molecule has 78 valence electrons. The van der Waals surface area contributed by atoms with Crippen LogP contribution >= 0.6 is 11.6 Å². The second kappa shape index (κ2) is 5.96. The van der Waals surface area contributed by atoms with Gasteiger partial charge >= 0.3 is 0 Å². The van der Waals surface area contributed by atoms with Gasteiger partial charge in [-0.1, -0.05) is 11.6 Å².